The molecule has 0 atom stereocenters. The molecule has 0 unspecified atom stereocenters. The normalized spacial score (nSPS) is 10.9. The number of carbonyl (C=O) groups is 2. The van der Waals surface area contributed by atoms with E-state index in [4.69, 9.17) is 4.74 Å². The number of nitrogens with one attached hydrogen (secondary N) is 2. The number of H-pyrrole nitrogens is 1. The molecule has 0 aliphatic carbocycles. The summed E-state index contributed by atoms with van der Waals surface area (Å²) in [6.45, 7) is 8.97. The molecule has 3 aromatic rings. The van der Waals surface area contributed by atoms with Gasteiger partial charge in [-0.2, -0.15) is 0 Å². The summed E-state index contributed by atoms with van der Waals surface area (Å²) >= 11 is 0. The number of ketones is 1. The lowest BCUT2D eigenvalue weighted by molar-refractivity contribution is -0.121. The Labute approximate surface area is 189 Å². The standard InChI is InChI=1S/C19H23N5O.C5H10O2/c1-4-13-14(15-11-16-19(23-15)22-10-9-21-16)12-24(3)17(13)7-6-8-18(25)20-5-2;1-3-7-4-5(2)6/h6-7,9-12H,4-5,8H2,1-3H3,(H,20,25)(H,22,23);3-4H2,1-2H3/b7-6-;. The van der Waals surface area contributed by atoms with Crippen molar-refractivity contribution in [1.29, 1.82) is 0 Å². The highest BCUT2D eigenvalue weighted by atomic mass is 16.5. The maximum Gasteiger partial charge on any atom is 0.223 e. The summed E-state index contributed by atoms with van der Waals surface area (Å²) in [6.07, 6.45) is 10.7. The van der Waals surface area contributed by atoms with Crippen LogP contribution in [0.4, 0.5) is 0 Å². The van der Waals surface area contributed by atoms with Gasteiger partial charge in [-0.3, -0.25) is 14.6 Å². The quantitative estimate of drug-likeness (QED) is 0.530. The summed E-state index contributed by atoms with van der Waals surface area (Å²) in [5.41, 5.74) is 6.15. The number of hydrogen-bond donors (Lipinski definition) is 2. The van der Waals surface area contributed by atoms with E-state index in [2.05, 4.69) is 38.0 Å². The van der Waals surface area contributed by atoms with Gasteiger partial charge in [0.2, 0.25) is 5.91 Å². The van der Waals surface area contributed by atoms with Gasteiger partial charge in [0, 0.05) is 56.5 Å². The second-order valence-corrected chi connectivity index (χ2v) is 7.24. The van der Waals surface area contributed by atoms with Gasteiger partial charge in [-0.25, -0.2) is 4.98 Å². The van der Waals surface area contributed by atoms with E-state index >= 15 is 0 Å². The predicted octanol–water partition coefficient (Wildman–Crippen LogP) is 3.68. The third kappa shape index (κ3) is 6.88. The van der Waals surface area contributed by atoms with E-state index in [1.807, 2.05) is 39.1 Å². The Bertz CT molecular complexity index is 1030. The van der Waals surface area contributed by atoms with Gasteiger partial charge in [0.05, 0.1) is 5.69 Å². The maximum absolute atomic E-state index is 11.6. The Morgan fingerprint density at radius 1 is 1.22 bits per heavy atom. The first-order valence-corrected chi connectivity index (χ1v) is 10.9. The van der Waals surface area contributed by atoms with Crippen LogP contribution in [0.25, 0.3) is 28.5 Å². The summed E-state index contributed by atoms with van der Waals surface area (Å²) in [4.78, 5) is 33.7. The van der Waals surface area contributed by atoms with E-state index in [0.717, 1.165) is 34.5 Å². The number of aromatic amines is 1. The zero-order valence-electron chi connectivity index (χ0n) is 19.6. The molecule has 0 saturated carbocycles. The highest BCUT2D eigenvalue weighted by molar-refractivity contribution is 5.82. The second-order valence-electron chi connectivity index (χ2n) is 7.24. The fourth-order valence-electron chi connectivity index (χ4n) is 3.30. The van der Waals surface area contributed by atoms with Crippen molar-refractivity contribution in [2.24, 2.45) is 7.05 Å². The van der Waals surface area contributed by atoms with E-state index in [1.54, 1.807) is 12.4 Å². The SMILES string of the molecule is CCNC(=O)C/C=C\c1c(CC)c(-c2cc3nccnc3[nH]2)cn1C.CCOCC(C)=O. The summed E-state index contributed by atoms with van der Waals surface area (Å²) in [6, 6.07) is 2.03. The maximum atomic E-state index is 11.6. The van der Waals surface area contributed by atoms with Crippen LogP contribution in [0.1, 0.15) is 45.4 Å². The van der Waals surface area contributed by atoms with Crippen molar-refractivity contribution in [1.82, 2.24) is 24.8 Å². The summed E-state index contributed by atoms with van der Waals surface area (Å²) in [5, 5.41) is 2.81. The molecule has 2 N–H and O–H groups in total. The predicted molar refractivity (Wildman–Crippen MR) is 127 cm³/mol. The van der Waals surface area contributed by atoms with E-state index in [1.165, 1.54) is 12.5 Å². The van der Waals surface area contributed by atoms with Gasteiger partial charge in [0.15, 0.2) is 11.4 Å². The van der Waals surface area contributed by atoms with E-state index in [0.29, 0.717) is 19.6 Å². The average Bonchev–Trinajstić information content (AvgIpc) is 3.33. The molecule has 0 bridgehead atoms. The number of amides is 1. The molecule has 0 aliphatic heterocycles. The van der Waals surface area contributed by atoms with E-state index in [-0.39, 0.29) is 18.3 Å². The number of nitrogens with zero attached hydrogens (tertiary/aromatic N) is 3. The molecule has 0 spiro atoms. The zero-order valence-corrected chi connectivity index (χ0v) is 19.6. The third-order valence-corrected chi connectivity index (χ3v) is 4.70. The molecule has 3 aromatic heterocycles. The molecule has 1 amide bonds. The van der Waals surface area contributed by atoms with Crippen LogP contribution in [0, 0.1) is 0 Å². The fraction of sp³-hybridized carbons (Fsp3) is 0.417. The molecule has 8 nitrogen and oxygen atoms in total. The van der Waals surface area contributed by atoms with Gasteiger partial charge < -0.3 is 19.6 Å². The molecular formula is C24H33N5O3. The summed E-state index contributed by atoms with van der Waals surface area (Å²) in [5.74, 6) is 0.126. The summed E-state index contributed by atoms with van der Waals surface area (Å²) < 4.78 is 6.84. The van der Waals surface area contributed by atoms with Crippen LogP contribution < -0.4 is 5.32 Å². The largest absolute Gasteiger partial charge is 0.374 e. The van der Waals surface area contributed by atoms with Crippen LogP contribution in [0.5, 0.6) is 0 Å². The van der Waals surface area contributed by atoms with Crippen molar-refractivity contribution in [2.75, 3.05) is 19.8 Å². The Hall–Kier alpha value is -3.26. The second kappa shape index (κ2) is 12.6. The highest BCUT2D eigenvalue weighted by Crippen LogP contribution is 2.30. The minimum Gasteiger partial charge on any atom is -0.374 e. The molecule has 3 heterocycles. The number of ether oxygens (including phenoxy) is 1. The number of aromatic nitrogens is 4. The van der Waals surface area contributed by atoms with Gasteiger partial charge in [-0.05, 0) is 44.9 Å². The van der Waals surface area contributed by atoms with Crippen molar-refractivity contribution in [3.05, 3.63) is 42.0 Å². The van der Waals surface area contributed by atoms with Crippen LogP contribution in [0.3, 0.4) is 0 Å². The molecule has 0 saturated heterocycles. The van der Waals surface area contributed by atoms with E-state index in [9.17, 15) is 9.59 Å². The number of carbonyl (C=O) groups excluding carboxylic acids is 2. The van der Waals surface area contributed by atoms with Crippen LogP contribution >= 0.6 is 0 Å². The molecular weight excluding hydrogens is 406 g/mol. The lowest BCUT2D eigenvalue weighted by Crippen LogP contribution is -2.21. The zero-order chi connectivity index (χ0) is 23.5. The molecule has 172 valence electrons. The first kappa shape index (κ1) is 25.0. The summed E-state index contributed by atoms with van der Waals surface area (Å²) in [7, 11) is 2.02. The number of fused-ring (bicyclic) bond motifs is 1. The Kier molecular flexibility index (Phi) is 9.81. The molecule has 0 aromatic carbocycles. The van der Waals surface area contributed by atoms with Crippen molar-refractivity contribution in [3.63, 3.8) is 0 Å². The number of Topliss-reactive ketones (excluding diaryl/α,β-unsaturated/α-hetero) is 1. The Morgan fingerprint density at radius 2 is 1.97 bits per heavy atom. The minimum absolute atomic E-state index is 0.0407. The van der Waals surface area contributed by atoms with Gasteiger partial charge in [-0.1, -0.05) is 13.0 Å². The topological polar surface area (TPSA) is 102 Å². The fourth-order valence-corrected chi connectivity index (χ4v) is 3.30. The monoisotopic (exact) mass is 439 g/mol. The Morgan fingerprint density at radius 3 is 2.56 bits per heavy atom. The first-order valence-electron chi connectivity index (χ1n) is 10.9. The van der Waals surface area contributed by atoms with Crippen LogP contribution in [-0.2, 0) is 27.8 Å². The number of rotatable bonds is 9. The van der Waals surface area contributed by atoms with E-state index < -0.39 is 0 Å². The highest BCUT2D eigenvalue weighted by Gasteiger charge is 2.15. The lowest BCUT2D eigenvalue weighted by atomic mass is 10.1. The van der Waals surface area contributed by atoms with Crippen molar-refractivity contribution < 1.29 is 14.3 Å². The van der Waals surface area contributed by atoms with Crippen molar-refractivity contribution >= 4 is 28.9 Å². The molecule has 32 heavy (non-hydrogen) atoms. The van der Waals surface area contributed by atoms with Gasteiger partial charge in [0.25, 0.3) is 0 Å². The lowest BCUT2D eigenvalue weighted by Gasteiger charge is -2.02. The van der Waals surface area contributed by atoms with Gasteiger partial charge in [0.1, 0.15) is 12.1 Å². The van der Waals surface area contributed by atoms with Gasteiger partial charge >= 0.3 is 0 Å². The number of aryl methyl sites for hydroxylation is 1. The van der Waals surface area contributed by atoms with Crippen molar-refractivity contribution in [2.45, 2.75) is 40.5 Å². The molecule has 0 radical (unpaired) electrons. The first-order chi connectivity index (χ1) is 15.4. The minimum atomic E-state index is 0.0407. The Balaban J connectivity index is 0.000000451. The molecule has 8 heteroatoms. The molecule has 0 aliphatic rings. The smallest absolute Gasteiger partial charge is 0.223 e. The number of hydrogen-bond acceptors (Lipinski definition) is 5. The van der Waals surface area contributed by atoms with Crippen molar-refractivity contribution in [3.8, 4) is 11.3 Å². The van der Waals surface area contributed by atoms with Gasteiger partial charge in [-0.15, -0.1) is 0 Å². The molecule has 3 rings (SSSR count). The molecule has 0 fully saturated rings. The van der Waals surface area contributed by atoms with Crippen LogP contribution in [0.2, 0.25) is 0 Å². The third-order valence-electron chi connectivity index (χ3n) is 4.70. The van der Waals surface area contributed by atoms with Crippen LogP contribution in [-0.4, -0.2) is 51.0 Å². The average molecular weight is 440 g/mol. The van der Waals surface area contributed by atoms with Crippen LogP contribution in [0.15, 0.2) is 30.7 Å².